The van der Waals surface area contributed by atoms with Crippen molar-refractivity contribution in [2.45, 2.75) is 26.2 Å². The predicted molar refractivity (Wildman–Crippen MR) is 98.3 cm³/mol. The topological polar surface area (TPSA) is 139 Å². The van der Waals surface area contributed by atoms with Crippen molar-refractivity contribution in [3.05, 3.63) is 50.3 Å². The molecule has 0 unspecified atom stereocenters. The summed E-state index contributed by atoms with van der Waals surface area (Å²) < 4.78 is 10.8. The Balaban J connectivity index is 1.89. The summed E-state index contributed by atoms with van der Waals surface area (Å²) in [5.74, 6) is 0.815. The summed E-state index contributed by atoms with van der Waals surface area (Å²) >= 11 is 0. The van der Waals surface area contributed by atoms with Gasteiger partial charge in [0.15, 0.2) is 11.5 Å². The van der Waals surface area contributed by atoms with E-state index < -0.39 is 17.2 Å². The van der Waals surface area contributed by atoms with E-state index in [9.17, 15) is 14.4 Å². The van der Waals surface area contributed by atoms with Crippen LogP contribution in [0.5, 0.6) is 11.5 Å². The van der Waals surface area contributed by atoms with Gasteiger partial charge in [-0.15, -0.1) is 0 Å². The van der Waals surface area contributed by atoms with Crippen molar-refractivity contribution in [3.8, 4) is 11.5 Å². The van der Waals surface area contributed by atoms with E-state index >= 15 is 0 Å². The van der Waals surface area contributed by atoms with Gasteiger partial charge in [0.05, 0.1) is 19.9 Å². The molecule has 1 amide bonds. The highest BCUT2D eigenvalue weighted by molar-refractivity contribution is 5.83. The molecule has 0 fully saturated rings. The Labute approximate surface area is 154 Å². The van der Waals surface area contributed by atoms with Crippen LogP contribution < -0.4 is 26.1 Å². The van der Waals surface area contributed by atoms with Gasteiger partial charge in [-0.3, -0.25) is 14.6 Å². The van der Waals surface area contributed by atoms with Gasteiger partial charge in [0, 0.05) is 12.8 Å². The van der Waals surface area contributed by atoms with Crippen LogP contribution in [0.15, 0.2) is 32.9 Å². The number of aromatic amines is 2. The highest BCUT2D eigenvalue weighted by atomic mass is 16.5. The van der Waals surface area contributed by atoms with Crippen molar-refractivity contribution in [2.75, 3.05) is 13.7 Å². The van der Waals surface area contributed by atoms with E-state index in [-0.39, 0.29) is 18.5 Å². The lowest BCUT2D eigenvalue weighted by atomic mass is 10.2. The number of aryl methyl sites for hydroxylation is 1. The Morgan fingerprint density at radius 3 is 2.85 bits per heavy atom. The van der Waals surface area contributed by atoms with Gasteiger partial charge >= 0.3 is 5.69 Å². The van der Waals surface area contributed by atoms with E-state index in [2.05, 4.69) is 20.7 Å². The maximum atomic E-state index is 11.8. The zero-order valence-electron chi connectivity index (χ0n) is 15.1. The van der Waals surface area contributed by atoms with Crippen LogP contribution in [0.1, 0.15) is 31.0 Å². The van der Waals surface area contributed by atoms with Crippen molar-refractivity contribution in [3.63, 3.8) is 0 Å². The number of benzene rings is 1. The molecular weight excluding hydrogens is 354 g/mol. The Morgan fingerprint density at radius 1 is 1.33 bits per heavy atom. The number of hydrogen-bond acceptors (Lipinski definition) is 7. The largest absolute Gasteiger partial charge is 0.493 e. The predicted octanol–water partition coefficient (Wildman–Crippen LogP) is 0.339. The molecule has 10 nitrogen and oxygen atoms in total. The van der Waals surface area contributed by atoms with Crippen molar-refractivity contribution < 1.29 is 14.3 Å². The zero-order chi connectivity index (χ0) is 19.6. The third-order valence-corrected chi connectivity index (χ3v) is 3.42. The molecule has 0 saturated heterocycles. The zero-order valence-corrected chi connectivity index (χ0v) is 15.1. The number of hydrazone groups is 1. The number of nitrogens with zero attached hydrogens (tertiary/aromatic N) is 2. The molecule has 0 aliphatic rings. The normalized spacial score (nSPS) is 10.7. The molecule has 0 radical (unpaired) electrons. The van der Waals surface area contributed by atoms with Gasteiger partial charge in [-0.1, -0.05) is 6.92 Å². The first kappa shape index (κ1) is 19.9. The summed E-state index contributed by atoms with van der Waals surface area (Å²) in [7, 11) is 1.55. The summed E-state index contributed by atoms with van der Waals surface area (Å²) in [6, 6.07) is 5.29. The van der Waals surface area contributed by atoms with Crippen LogP contribution >= 0.6 is 0 Å². The van der Waals surface area contributed by atoms with Gasteiger partial charge in [0.2, 0.25) is 5.91 Å². The fourth-order valence-corrected chi connectivity index (χ4v) is 2.10. The molecule has 0 saturated carbocycles. The van der Waals surface area contributed by atoms with Gasteiger partial charge in [-0.2, -0.15) is 10.2 Å². The summed E-state index contributed by atoms with van der Waals surface area (Å²) in [6.07, 6.45) is 2.42. The molecule has 27 heavy (non-hydrogen) atoms. The second-order valence-corrected chi connectivity index (χ2v) is 5.51. The number of carbonyl (C=O) groups is 1. The number of hydrogen-bond donors (Lipinski definition) is 3. The van der Waals surface area contributed by atoms with Crippen LogP contribution in [-0.2, 0) is 11.2 Å². The fourth-order valence-electron chi connectivity index (χ4n) is 2.10. The molecule has 144 valence electrons. The molecule has 1 heterocycles. The first-order valence-corrected chi connectivity index (χ1v) is 8.34. The lowest BCUT2D eigenvalue weighted by molar-refractivity contribution is -0.121. The van der Waals surface area contributed by atoms with Crippen LogP contribution in [0.2, 0.25) is 0 Å². The molecule has 1 aromatic heterocycles. The maximum Gasteiger partial charge on any atom is 0.342 e. The minimum Gasteiger partial charge on any atom is -0.493 e. The highest BCUT2D eigenvalue weighted by Gasteiger charge is 2.07. The van der Waals surface area contributed by atoms with Gasteiger partial charge in [0.25, 0.3) is 5.56 Å². The number of ether oxygens (including phenoxy) is 2. The molecule has 10 heteroatoms. The molecule has 0 spiro atoms. The minimum absolute atomic E-state index is 0.00736. The number of rotatable bonds is 9. The lowest BCUT2D eigenvalue weighted by Crippen LogP contribution is -2.28. The first-order valence-electron chi connectivity index (χ1n) is 8.34. The second-order valence-electron chi connectivity index (χ2n) is 5.51. The number of amides is 1. The van der Waals surface area contributed by atoms with Crippen molar-refractivity contribution in [2.24, 2.45) is 5.10 Å². The van der Waals surface area contributed by atoms with Gasteiger partial charge < -0.3 is 9.47 Å². The third kappa shape index (κ3) is 6.10. The third-order valence-electron chi connectivity index (χ3n) is 3.42. The van der Waals surface area contributed by atoms with Crippen LogP contribution in [-0.4, -0.2) is 41.0 Å². The standard InChI is InChI=1S/C17H21N5O5/c1-3-8-27-13-6-4-11(9-14(13)26-2)10-18-21-15(23)7-5-12-16(24)19-17(25)22-20-12/h4,6,9-10H,3,5,7-8H2,1-2H3,(H,21,23)(H2,19,22,24,25)/b18-10+. The van der Waals surface area contributed by atoms with Crippen LogP contribution in [0.25, 0.3) is 0 Å². The molecular formula is C17H21N5O5. The molecule has 0 aliphatic carbocycles. The molecule has 0 aliphatic heterocycles. The summed E-state index contributed by atoms with van der Waals surface area (Å²) in [6.45, 7) is 2.60. The Kier molecular flexibility index (Phi) is 7.29. The Bertz CT molecular complexity index is 918. The minimum atomic E-state index is -0.695. The fraction of sp³-hybridized carbons (Fsp3) is 0.353. The quantitative estimate of drug-likeness (QED) is 0.427. The average molecular weight is 375 g/mol. The number of nitrogens with one attached hydrogen (secondary N) is 3. The van der Waals surface area contributed by atoms with E-state index in [0.29, 0.717) is 18.1 Å². The Morgan fingerprint density at radius 2 is 2.15 bits per heavy atom. The number of H-pyrrole nitrogens is 2. The van der Waals surface area contributed by atoms with E-state index in [0.717, 1.165) is 12.0 Å². The molecule has 0 atom stereocenters. The van der Waals surface area contributed by atoms with E-state index in [1.807, 2.05) is 11.9 Å². The molecule has 3 N–H and O–H groups in total. The van der Waals surface area contributed by atoms with Gasteiger partial charge in [0.1, 0.15) is 5.69 Å². The summed E-state index contributed by atoms with van der Waals surface area (Å²) in [4.78, 5) is 36.2. The van der Waals surface area contributed by atoms with Crippen molar-refractivity contribution in [1.82, 2.24) is 20.6 Å². The van der Waals surface area contributed by atoms with Crippen molar-refractivity contribution >= 4 is 12.1 Å². The van der Waals surface area contributed by atoms with Crippen LogP contribution in [0.4, 0.5) is 0 Å². The smallest absolute Gasteiger partial charge is 0.342 e. The number of carbonyl (C=O) groups excluding carboxylic acids is 1. The lowest BCUT2D eigenvalue weighted by Gasteiger charge is -2.10. The summed E-state index contributed by atoms with van der Waals surface area (Å²) in [5, 5.41) is 9.59. The van der Waals surface area contributed by atoms with E-state index in [4.69, 9.17) is 9.47 Å². The highest BCUT2D eigenvalue weighted by Crippen LogP contribution is 2.27. The van der Waals surface area contributed by atoms with Crippen LogP contribution in [0, 0.1) is 0 Å². The average Bonchev–Trinajstić information content (AvgIpc) is 2.66. The second kappa shape index (κ2) is 9.90. The van der Waals surface area contributed by atoms with Gasteiger partial charge in [-0.05, 0) is 30.2 Å². The molecule has 2 rings (SSSR count). The Hall–Kier alpha value is -3.43. The first-order chi connectivity index (χ1) is 13.0. The number of aromatic nitrogens is 3. The molecule has 2 aromatic rings. The van der Waals surface area contributed by atoms with Crippen molar-refractivity contribution in [1.29, 1.82) is 0 Å². The van der Waals surface area contributed by atoms with Gasteiger partial charge in [-0.25, -0.2) is 15.3 Å². The molecule has 1 aromatic carbocycles. The maximum absolute atomic E-state index is 11.8. The number of methoxy groups -OCH3 is 1. The SMILES string of the molecule is CCCOc1ccc(/C=N/NC(=O)CCc2n[nH]c(=O)[nH]c2=O)cc1OC. The monoisotopic (exact) mass is 375 g/mol. The summed E-state index contributed by atoms with van der Waals surface area (Å²) in [5.41, 5.74) is 1.84. The van der Waals surface area contributed by atoms with E-state index in [1.165, 1.54) is 6.21 Å². The molecule has 0 bridgehead atoms. The van der Waals surface area contributed by atoms with E-state index in [1.54, 1.807) is 25.3 Å². The van der Waals surface area contributed by atoms with Crippen LogP contribution in [0.3, 0.4) is 0 Å².